The summed E-state index contributed by atoms with van der Waals surface area (Å²) < 4.78 is 41.7. The fourth-order valence-corrected chi connectivity index (χ4v) is 20.1. The van der Waals surface area contributed by atoms with E-state index in [0.717, 1.165) is 0 Å². The minimum Gasteiger partial charge on any atom is -0.466 e. The minimum atomic E-state index is -3.48. The first-order valence-corrected chi connectivity index (χ1v) is 24.8. The van der Waals surface area contributed by atoms with Crippen molar-refractivity contribution in [3.8, 4) is 0 Å². The van der Waals surface area contributed by atoms with Crippen molar-refractivity contribution < 1.29 is 50.5 Å². The van der Waals surface area contributed by atoms with E-state index in [1.54, 1.807) is 6.92 Å². The molecule has 0 unspecified atom stereocenters. The highest BCUT2D eigenvalue weighted by Crippen LogP contribution is 2.33. The molecule has 0 aliphatic rings. The molecule has 0 bridgehead atoms. The first kappa shape index (κ1) is 38.4. The Bertz CT molecular complexity index is 791. The first-order chi connectivity index (χ1) is 18.2. The van der Waals surface area contributed by atoms with Crippen LogP contribution in [0.4, 0.5) is 0 Å². The normalized spacial score (nSPS) is 12.4. The molecule has 40 heavy (non-hydrogen) atoms. The molecule has 0 aliphatic heterocycles. The van der Waals surface area contributed by atoms with Crippen LogP contribution in [0.3, 0.4) is 0 Å². The zero-order chi connectivity index (χ0) is 31.2. The summed E-state index contributed by atoms with van der Waals surface area (Å²) in [5.74, 6) is -1.56. The smallest absolute Gasteiger partial charge is 0.466 e. The zero-order valence-electron chi connectivity index (χ0n) is 26.1. The van der Waals surface area contributed by atoms with Crippen LogP contribution in [0.5, 0.6) is 0 Å². The third-order valence-corrected chi connectivity index (χ3v) is 21.1. The summed E-state index contributed by atoms with van der Waals surface area (Å²) in [5.41, 5.74) is 0.310. The lowest BCUT2D eigenvalue weighted by Crippen LogP contribution is -2.62. The van der Waals surface area contributed by atoms with Gasteiger partial charge in [0.15, 0.2) is 25.0 Å². The van der Waals surface area contributed by atoms with Crippen molar-refractivity contribution in [2.45, 2.75) is 97.6 Å². The Morgan fingerprint density at radius 2 is 0.850 bits per heavy atom. The number of ether oxygens (including phenoxy) is 4. The Balaban J connectivity index is 6.24. The van der Waals surface area contributed by atoms with Crippen molar-refractivity contribution in [3.63, 3.8) is 0 Å². The van der Waals surface area contributed by atoms with Gasteiger partial charge in [-0.25, -0.2) is 4.79 Å². The quantitative estimate of drug-likeness (QED) is 0.0599. The van der Waals surface area contributed by atoms with Crippen molar-refractivity contribution in [1.82, 2.24) is 0 Å². The third-order valence-electron chi connectivity index (χ3n) is 5.53. The van der Waals surface area contributed by atoms with E-state index in [4.69, 9.17) is 31.3 Å². The fourth-order valence-electron chi connectivity index (χ4n) is 3.53. The Labute approximate surface area is 244 Å². The number of carbonyl (C=O) groups is 4. The monoisotopic (exact) mass is 638 g/mol. The molecule has 0 amide bonds. The molecule has 0 saturated heterocycles. The molecular weight excluding hydrogens is 589 g/mol. The number of hydrogen-bond acceptors (Lipinski definition) is 11. The van der Waals surface area contributed by atoms with E-state index in [1.807, 2.05) is 39.3 Å². The van der Waals surface area contributed by atoms with Crippen LogP contribution in [0.25, 0.3) is 0 Å². The molecule has 11 nitrogen and oxygen atoms in total. The van der Waals surface area contributed by atoms with Gasteiger partial charge in [-0.3, -0.25) is 14.4 Å². The summed E-state index contributed by atoms with van der Waals surface area (Å²) in [7, 11) is -11.0. The summed E-state index contributed by atoms with van der Waals surface area (Å²) >= 11 is 0. The molecule has 0 saturated carbocycles. The molecule has 0 radical (unpaired) electrons. The van der Waals surface area contributed by atoms with E-state index in [9.17, 15) is 19.2 Å². The van der Waals surface area contributed by atoms with Gasteiger partial charge < -0.3 is 31.3 Å². The highest BCUT2D eigenvalue weighted by Gasteiger charge is 2.52. The average Bonchev–Trinajstić information content (AvgIpc) is 2.73. The fraction of sp³-hybridized carbons (Fsp3) is 0.760. The Morgan fingerprint density at radius 1 is 0.525 bits per heavy atom. The van der Waals surface area contributed by atoms with Crippen molar-refractivity contribution in [1.29, 1.82) is 0 Å². The van der Waals surface area contributed by atoms with Gasteiger partial charge in [0.25, 0.3) is 0 Å². The Hall–Kier alpha value is -1.63. The number of carbonyl (C=O) groups excluding carboxylic acids is 4. The molecule has 0 heterocycles. The molecule has 0 aromatic carbocycles. The molecule has 0 aromatic rings. The van der Waals surface area contributed by atoms with E-state index in [0.29, 0.717) is 36.2 Å². The largest absolute Gasteiger partial charge is 0.469 e. The highest BCUT2D eigenvalue weighted by atomic mass is 28.5. The molecule has 0 aliphatic carbocycles. The number of hydrogen-bond donors (Lipinski definition) is 0. The van der Waals surface area contributed by atoms with Crippen molar-refractivity contribution in [2.24, 2.45) is 0 Å². The van der Waals surface area contributed by atoms with Gasteiger partial charge in [-0.2, -0.15) is 0 Å². The Kier molecular flexibility index (Phi) is 16.6. The van der Waals surface area contributed by atoms with Crippen LogP contribution < -0.4 is 0 Å². The van der Waals surface area contributed by atoms with E-state index in [-0.39, 0.29) is 44.3 Å². The van der Waals surface area contributed by atoms with Gasteiger partial charge in [-0.15, -0.1) is 0 Å². The van der Waals surface area contributed by atoms with Gasteiger partial charge in [0.05, 0.1) is 26.4 Å². The highest BCUT2D eigenvalue weighted by molar-refractivity contribution is 6.90. The lowest BCUT2D eigenvalue weighted by molar-refractivity contribution is -0.141. The zero-order valence-corrected chi connectivity index (χ0v) is 30.1. The summed E-state index contributed by atoms with van der Waals surface area (Å²) in [6, 6.07) is 1.98. The third kappa shape index (κ3) is 18.7. The summed E-state index contributed by atoms with van der Waals surface area (Å²) in [6.07, 6.45) is 0.433. The van der Waals surface area contributed by atoms with E-state index < -0.39 is 39.7 Å². The first-order valence-electron chi connectivity index (χ1n) is 13.5. The second kappa shape index (κ2) is 17.4. The second-order valence-corrected chi connectivity index (χ2v) is 27.9. The molecule has 232 valence electrons. The van der Waals surface area contributed by atoms with Crippen LogP contribution in [-0.2, 0) is 50.5 Å². The minimum absolute atomic E-state index is 0.136. The predicted molar refractivity (Wildman–Crippen MR) is 161 cm³/mol. The lowest BCUT2D eigenvalue weighted by atomic mass is 10.4. The second-order valence-electron chi connectivity index (χ2n) is 11.6. The van der Waals surface area contributed by atoms with Gasteiger partial charge in [-0.1, -0.05) is 6.58 Å². The summed E-state index contributed by atoms with van der Waals surface area (Å²) in [6.45, 7) is 22.2. The SMILES string of the molecule is C=C(C)C(=O)OCCC[Si](O[Si](C)(C)CCOC(C)=O)(O[Si](C)(C)CCOC(C)=O)O[Si](C)(C)CCOC(C)=O. The van der Waals surface area contributed by atoms with Crippen LogP contribution in [0.15, 0.2) is 12.2 Å². The van der Waals surface area contributed by atoms with Crippen LogP contribution in [0, 0.1) is 0 Å². The van der Waals surface area contributed by atoms with Crippen molar-refractivity contribution >= 4 is 57.6 Å². The van der Waals surface area contributed by atoms with E-state index >= 15 is 0 Å². The summed E-state index contributed by atoms with van der Waals surface area (Å²) in [5, 5.41) is 0. The molecule has 0 atom stereocenters. The van der Waals surface area contributed by atoms with Crippen molar-refractivity contribution in [2.75, 3.05) is 26.4 Å². The molecule has 0 aromatic heterocycles. The van der Waals surface area contributed by atoms with Crippen LogP contribution in [0.1, 0.15) is 34.1 Å². The van der Waals surface area contributed by atoms with E-state index in [1.165, 1.54) is 20.8 Å². The maximum atomic E-state index is 12.0. The molecule has 0 N–H and O–H groups in total. The van der Waals surface area contributed by atoms with Crippen LogP contribution in [0.2, 0.25) is 63.5 Å². The van der Waals surface area contributed by atoms with Gasteiger partial charge in [0.2, 0.25) is 0 Å². The van der Waals surface area contributed by atoms with Gasteiger partial charge in [0, 0.05) is 32.4 Å². The van der Waals surface area contributed by atoms with Crippen LogP contribution in [-0.4, -0.2) is 84.1 Å². The summed E-state index contributed by atoms with van der Waals surface area (Å²) in [4.78, 5) is 46.1. The maximum Gasteiger partial charge on any atom is 0.469 e. The van der Waals surface area contributed by atoms with Gasteiger partial charge >= 0.3 is 32.7 Å². The molecule has 0 rings (SSSR count). The van der Waals surface area contributed by atoms with E-state index in [2.05, 4.69) is 6.58 Å². The van der Waals surface area contributed by atoms with Crippen LogP contribution >= 0.6 is 0 Å². The number of rotatable bonds is 20. The maximum absolute atomic E-state index is 12.0. The van der Waals surface area contributed by atoms with Crippen molar-refractivity contribution in [3.05, 3.63) is 12.2 Å². The molecule has 0 spiro atoms. The molecule has 15 heteroatoms. The van der Waals surface area contributed by atoms with Gasteiger partial charge in [-0.05, 0) is 70.8 Å². The standard InChI is InChI=1S/C25H50O11Si4/c1-21(2)25(29)33-13-12-17-40(34-37(6,7)18-14-30-22(3)26,35-38(8,9)19-15-31-23(4)27)36-39(10,11)20-16-32-24(5)28/h1,12-20H2,2-11H3. The Morgan fingerprint density at radius 3 is 1.12 bits per heavy atom. The number of esters is 4. The predicted octanol–water partition coefficient (Wildman–Crippen LogP) is 4.79. The van der Waals surface area contributed by atoms with Gasteiger partial charge in [0.1, 0.15) is 0 Å². The molecular formula is C25H50O11Si4. The average molecular weight is 639 g/mol. The lowest BCUT2D eigenvalue weighted by Gasteiger charge is -2.45. The topological polar surface area (TPSA) is 133 Å². The molecule has 0 fully saturated rings.